The minimum Gasteiger partial charge on any atom is -0.479 e. The number of hydrogen-bond acceptors (Lipinski definition) is 3. The highest BCUT2D eigenvalue weighted by Crippen LogP contribution is 2.46. The van der Waals surface area contributed by atoms with Gasteiger partial charge in [0.15, 0.2) is 5.06 Å². The molecular weight excluding hydrogens is 312 g/mol. The molecule has 2 heterocycles. The third-order valence-corrected chi connectivity index (χ3v) is 4.73. The second-order valence-corrected chi connectivity index (χ2v) is 5.70. The summed E-state index contributed by atoms with van der Waals surface area (Å²) in [6, 6.07) is 0. The van der Waals surface area contributed by atoms with E-state index in [-0.39, 0.29) is 18.5 Å². The van der Waals surface area contributed by atoms with Gasteiger partial charge in [0.05, 0.1) is 5.02 Å². The van der Waals surface area contributed by atoms with E-state index in [2.05, 4.69) is 5.32 Å². The Balaban J connectivity index is 0.00000128. The highest BCUT2D eigenvalue weighted by molar-refractivity contribution is 7.19. The number of halogens is 4. The van der Waals surface area contributed by atoms with Crippen molar-refractivity contribution in [1.82, 2.24) is 5.32 Å². The van der Waals surface area contributed by atoms with E-state index >= 15 is 0 Å². The van der Waals surface area contributed by atoms with Crippen molar-refractivity contribution >= 4 is 58.5 Å². The molecule has 1 aromatic rings. The van der Waals surface area contributed by atoms with Crippen LogP contribution >= 0.6 is 58.5 Å². The van der Waals surface area contributed by atoms with Crippen LogP contribution in [0.2, 0.25) is 14.4 Å². The van der Waals surface area contributed by atoms with Gasteiger partial charge in [0.1, 0.15) is 15.5 Å². The average Bonchev–Trinajstić information content (AvgIpc) is 2.48. The molecule has 92 valence electrons. The van der Waals surface area contributed by atoms with E-state index in [4.69, 9.17) is 39.5 Å². The van der Waals surface area contributed by atoms with Gasteiger partial charge >= 0.3 is 0 Å². The number of rotatable bonds is 2. The van der Waals surface area contributed by atoms with Crippen molar-refractivity contribution in [3.05, 3.63) is 14.4 Å². The van der Waals surface area contributed by atoms with Crippen molar-refractivity contribution in [1.29, 1.82) is 0 Å². The Morgan fingerprint density at radius 1 is 1.12 bits per heavy atom. The number of ether oxygens (including phenoxy) is 1. The van der Waals surface area contributed by atoms with Crippen LogP contribution in [0.25, 0.3) is 0 Å². The molecule has 2 nitrogen and oxygen atoms in total. The van der Waals surface area contributed by atoms with E-state index in [1.807, 2.05) is 0 Å². The van der Waals surface area contributed by atoms with Crippen LogP contribution < -0.4 is 10.1 Å². The molecule has 7 heteroatoms. The first-order valence-electron chi connectivity index (χ1n) is 4.69. The standard InChI is InChI=1S/C9H10Cl3NOS.ClH/c10-6-7(11)9(15-8(6)12)14-5-1-3-13-4-2-5;/h5,13H,1-4H2;1H. The van der Waals surface area contributed by atoms with Gasteiger partial charge in [-0.05, 0) is 25.9 Å². The minimum atomic E-state index is 0. The lowest BCUT2D eigenvalue weighted by atomic mass is 10.1. The zero-order valence-corrected chi connectivity index (χ0v) is 12.2. The van der Waals surface area contributed by atoms with Crippen LogP contribution in [0.5, 0.6) is 5.06 Å². The van der Waals surface area contributed by atoms with Crippen molar-refractivity contribution in [2.24, 2.45) is 0 Å². The maximum Gasteiger partial charge on any atom is 0.196 e. The molecule has 1 aliphatic heterocycles. The molecule has 0 atom stereocenters. The zero-order valence-electron chi connectivity index (χ0n) is 8.26. The van der Waals surface area contributed by atoms with Crippen LogP contribution in [0, 0.1) is 0 Å². The van der Waals surface area contributed by atoms with Crippen molar-refractivity contribution < 1.29 is 4.74 Å². The summed E-state index contributed by atoms with van der Waals surface area (Å²) in [5.74, 6) is 0. The summed E-state index contributed by atoms with van der Waals surface area (Å²) < 4.78 is 6.26. The molecule has 1 aliphatic rings. The molecule has 0 saturated carbocycles. The molecule has 1 fully saturated rings. The molecule has 1 saturated heterocycles. The van der Waals surface area contributed by atoms with Crippen molar-refractivity contribution in [2.75, 3.05) is 13.1 Å². The molecule has 1 N–H and O–H groups in total. The predicted octanol–water partition coefficient (Wildman–Crippen LogP) is 4.26. The summed E-state index contributed by atoms with van der Waals surface area (Å²) in [6.45, 7) is 1.96. The Morgan fingerprint density at radius 2 is 1.75 bits per heavy atom. The molecule has 2 rings (SSSR count). The predicted molar refractivity (Wildman–Crippen MR) is 73.1 cm³/mol. The van der Waals surface area contributed by atoms with Gasteiger partial charge in [0, 0.05) is 0 Å². The highest BCUT2D eigenvalue weighted by atomic mass is 35.5. The number of hydrogen-bond donors (Lipinski definition) is 1. The summed E-state index contributed by atoms with van der Waals surface area (Å²) in [4.78, 5) is 0. The van der Waals surface area contributed by atoms with Gasteiger partial charge in [0.25, 0.3) is 0 Å². The lowest BCUT2D eigenvalue weighted by Gasteiger charge is -2.23. The first kappa shape index (κ1) is 14.7. The maximum absolute atomic E-state index is 5.99. The van der Waals surface area contributed by atoms with Crippen LogP contribution in [0.15, 0.2) is 0 Å². The van der Waals surface area contributed by atoms with E-state index in [1.54, 1.807) is 0 Å². The largest absolute Gasteiger partial charge is 0.479 e. The van der Waals surface area contributed by atoms with E-state index < -0.39 is 0 Å². The lowest BCUT2D eigenvalue weighted by Crippen LogP contribution is -2.34. The van der Waals surface area contributed by atoms with Gasteiger partial charge in [-0.15, -0.1) is 12.4 Å². The summed E-state index contributed by atoms with van der Waals surface area (Å²) >= 11 is 19.0. The third kappa shape index (κ3) is 3.31. The molecule has 1 aromatic heterocycles. The molecular formula is C9H11Cl4NOS. The molecule has 0 amide bonds. The topological polar surface area (TPSA) is 21.3 Å². The van der Waals surface area contributed by atoms with E-state index in [0.29, 0.717) is 19.4 Å². The molecule has 0 aromatic carbocycles. The van der Waals surface area contributed by atoms with E-state index in [9.17, 15) is 0 Å². The van der Waals surface area contributed by atoms with Gasteiger partial charge in [0.2, 0.25) is 0 Å². The normalized spacial score (nSPS) is 16.9. The highest BCUT2D eigenvalue weighted by Gasteiger charge is 2.20. The summed E-state index contributed by atoms with van der Waals surface area (Å²) in [6.07, 6.45) is 2.20. The monoisotopic (exact) mass is 321 g/mol. The van der Waals surface area contributed by atoms with Gasteiger partial charge < -0.3 is 10.1 Å². The van der Waals surface area contributed by atoms with Crippen molar-refractivity contribution in [2.45, 2.75) is 18.9 Å². The average molecular weight is 323 g/mol. The minimum absolute atomic E-state index is 0. The summed E-state index contributed by atoms with van der Waals surface area (Å²) in [5, 5.41) is 4.74. The number of piperidine rings is 1. The molecule has 0 aliphatic carbocycles. The number of nitrogens with one attached hydrogen (secondary N) is 1. The quantitative estimate of drug-likeness (QED) is 0.878. The third-order valence-electron chi connectivity index (χ3n) is 2.29. The fraction of sp³-hybridized carbons (Fsp3) is 0.556. The zero-order chi connectivity index (χ0) is 10.8. The molecule has 0 radical (unpaired) electrons. The van der Waals surface area contributed by atoms with Crippen LogP contribution in [-0.4, -0.2) is 19.2 Å². The Bertz CT molecular complexity index is 352. The Morgan fingerprint density at radius 3 is 2.25 bits per heavy atom. The van der Waals surface area contributed by atoms with E-state index in [0.717, 1.165) is 25.9 Å². The molecule has 0 bridgehead atoms. The second-order valence-electron chi connectivity index (χ2n) is 3.36. The van der Waals surface area contributed by atoms with Crippen molar-refractivity contribution in [3.8, 4) is 5.06 Å². The van der Waals surface area contributed by atoms with Crippen LogP contribution in [0.4, 0.5) is 0 Å². The van der Waals surface area contributed by atoms with Gasteiger partial charge in [-0.3, -0.25) is 0 Å². The first-order chi connectivity index (χ1) is 7.18. The lowest BCUT2D eigenvalue weighted by molar-refractivity contribution is 0.168. The Labute approximate surface area is 120 Å². The summed E-state index contributed by atoms with van der Waals surface area (Å²) in [7, 11) is 0. The van der Waals surface area contributed by atoms with Gasteiger partial charge in [-0.25, -0.2) is 0 Å². The smallest absolute Gasteiger partial charge is 0.196 e. The van der Waals surface area contributed by atoms with Gasteiger partial charge in [-0.2, -0.15) is 0 Å². The molecule has 0 unspecified atom stereocenters. The molecule has 16 heavy (non-hydrogen) atoms. The SMILES string of the molecule is Cl.Clc1sc(OC2CCNCC2)c(Cl)c1Cl. The van der Waals surface area contributed by atoms with Crippen LogP contribution in [0.3, 0.4) is 0 Å². The van der Waals surface area contributed by atoms with Crippen LogP contribution in [0.1, 0.15) is 12.8 Å². The van der Waals surface area contributed by atoms with Crippen LogP contribution in [-0.2, 0) is 0 Å². The fourth-order valence-electron chi connectivity index (χ4n) is 1.49. The first-order valence-corrected chi connectivity index (χ1v) is 6.64. The Hall–Kier alpha value is 0.620. The fourth-order valence-corrected chi connectivity index (χ4v) is 3.14. The molecule has 0 spiro atoms. The summed E-state index contributed by atoms with van der Waals surface area (Å²) in [5.41, 5.74) is 0. The maximum atomic E-state index is 5.99. The Kier molecular flexibility index (Phi) is 5.99. The van der Waals surface area contributed by atoms with Gasteiger partial charge in [-0.1, -0.05) is 46.1 Å². The van der Waals surface area contributed by atoms with Crippen molar-refractivity contribution in [3.63, 3.8) is 0 Å². The number of thiophene rings is 1. The van der Waals surface area contributed by atoms with E-state index in [1.165, 1.54) is 11.3 Å². The second kappa shape index (κ2) is 6.53.